The third-order valence-corrected chi connectivity index (χ3v) is 3.48. The van der Waals surface area contributed by atoms with Crippen LogP contribution >= 0.6 is 34.2 Å². The van der Waals surface area contributed by atoms with Crippen LogP contribution in [0, 0.1) is 3.57 Å². The first-order valence-corrected chi connectivity index (χ1v) is 7.03. The zero-order chi connectivity index (χ0) is 15.3. The molecule has 0 N–H and O–H groups in total. The van der Waals surface area contributed by atoms with E-state index in [9.17, 15) is 18.0 Å². The van der Waals surface area contributed by atoms with Crippen LogP contribution in [0.5, 0.6) is 5.88 Å². The Bertz CT molecular complexity index is 497. The number of nitrogens with zero attached hydrogens (tertiary/aromatic N) is 1. The second-order valence-corrected chi connectivity index (χ2v) is 4.90. The summed E-state index contributed by atoms with van der Waals surface area (Å²) >= 11 is 7.32. The van der Waals surface area contributed by atoms with Crippen molar-refractivity contribution in [3.05, 3.63) is 20.9 Å². The predicted molar refractivity (Wildman–Crippen MR) is 73.5 cm³/mol. The molecule has 0 unspecified atom stereocenters. The van der Waals surface area contributed by atoms with Crippen molar-refractivity contribution in [3.63, 3.8) is 0 Å². The van der Waals surface area contributed by atoms with E-state index < -0.39 is 18.2 Å². The van der Waals surface area contributed by atoms with Crippen LogP contribution in [0.4, 0.5) is 13.2 Å². The quantitative estimate of drug-likeness (QED) is 0.414. The molecule has 20 heavy (non-hydrogen) atoms. The monoisotopic (exact) mass is 423 g/mol. The first-order chi connectivity index (χ1) is 9.26. The lowest BCUT2D eigenvalue weighted by Crippen LogP contribution is -2.20. The van der Waals surface area contributed by atoms with Gasteiger partial charge in [0.25, 0.3) is 0 Å². The fourth-order valence-electron chi connectivity index (χ4n) is 1.34. The van der Waals surface area contributed by atoms with Gasteiger partial charge >= 0.3 is 12.3 Å². The molecule has 0 aliphatic heterocycles. The normalized spacial score (nSPS) is 11.3. The minimum absolute atomic E-state index is 0.0230. The highest BCUT2D eigenvalue weighted by Crippen LogP contribution is 2.29. The first-order valence-electron chi connectivity index (χ1n) is 5.42. The van der Waals surface area contributed by atoms with Crippen LogP contribution in [0.1, 0.15) is 18.2 Å². The number of pyridine rings is 1. The number of alkyl halides is 4. The van der Waals surface area contributed by atoms with E-state index in [1.54, 1.807) is 29.5 Å². The zero-order valence-corrected chi connectivity index (χ0v) is 13.2. The van der Waals surface area contributed by atoms with Gasteiger partial charge in [0.2, 0.25) is 5.88 Å². The maximum atomic E-state index is 12.3. The first kappa shape index (κ1) is 17.3. The number of hydrogen-bond acceptors (Lipinski definition) is 4. The lowest BCUT2D eigenvalue weighted by atomic mass is 10.2. The molecule has 0 saturated carbocycles. The molecule has 4 nitrogen and oxygen atoms in total. The van der Waals surface area contributed by atoms with Gasteiger partial charge in [-0.15, -0.1) is 24.8 Å². The van der Waals surface area contributed by atoms with Crippen LogP contribution in [0.15, 0.2) is 6.07 Å². The number of halogens is 5. The highest BCUT2D eigenvalue weighted by molar-refractivity contribution is 14.1. The third-order valence-electron chi connectivity index (χ3n) is 2.04. The van der Waals surface area contributed by atoms with E-state index in [0.717, 1.165) is 0 Å². The Balaban J connectivity index is 3.08. The minimum Gasteiger partial charge on any atom is -0.466 e. The number of ether oxygens (including phenoxy) is 2. The maximum absolute atomic E-state index is 12.3. The fraction of sp³-hybridized carbons (Fsp3) is 0.455. The fourth-order valence-corrected chi connectivity index (χ4v) is 2.35. The molecule has 0 fully saturated rings. The van der Waals surface area contributed by atoms with Gasteiger partial charge in [0.05, 0.1) is 22.3 Å². The van der Waals surface area contributed by atoms with Crippen LogP contribution in [0.2, 0.25) is 0 Å². The van der Waals surface area contributed by atoms with Gasteiger partial charge in [-0.05, 0) is 41.1 Å². The largest absolute Gasteiger partial charge is 0.574 e. The predicted octanol–water partition coefficient (Wildman–Crippen LogP) is 3.43. The topological polar surface area (TPSA) is 48.4 Å². The molecule has 9 heteroatoms. The molecule has 0 atom stereocenters. The second-order valence-electron chi connectivity index (χ2n) is 3.56. The van der Waals surface area contributed by atoms with Crippen molar-refractivity contribution in [3.8, 4) is 5.88 Å². The van der Waals surface area contributed by atoms with E-state index in [4.69, 9.17) is 16.3 Å². The van der Waals surface area contributed by atoms with Crippen LogP contribution < -0.4 is 4.74 Å². The van der Waals surface area contributed by atoms with E-state index in [1.165, 1.54) is 6.07 Å². The van der Waals surface area contributed by atoms with Crippen LogP contribution in [0.25, 0.3) is 0 Å². The summed E-state index contributed by atoms with van der Waals surface area (Å²) in [6.07, 6.45) is -5.11. The number of aromatic nitrogens is 1. The summed E-state index contributed by atoms with van der Waals surface area (Å²) in [6, 6.07) is 1.45. The molecule has 0 aliphatic rings. The highest BCUT2D eigenvalue weighted by atomic mass is 127. The van der Waals surface area contributed by atoms with E-state index >= 15 is 0 Å². The van der Waals surface area contributed by atoms with Gasteiger partial charge in [0, 0.05) is 5.88 Å². The summed E-state index contributed by atoms with van der Waals surface area (Å²) in [6.45, 7) is 1.80. The van der Waals surface area contributed by atoms with Crippen LogP contribution in [-0.2, 0) is 21.8 Å². The van der Waals surface area contributed by atoms with E-state index in [0.29, 0.717) is 5.56 Å². The Morgan fingerprint density at radius 1 is 1.50 bits per heavy atom. The number of hydrogen-bond donors (Lipinski definition) is 0. The molecule has 1 aromatic rings. The van der Waals surface area contributed by atoms with Gasteiger partial charge in [0.15, 0.2) is 0 Å². The minimum atomic E-state index is -4.86. The molecular weight excluding hydrogens is 413 g/mol. The summed E-state index contributed by atoms with van der Waals surface area (Å²) in [7, 11) is 0. The second kappa shape index (κ2) is 7.30. The lowest BCUT2D eigenvalue weighted by molar-refractivity contribution is -0.276. The molecule has 112 valence electrons. The molecule has 0 spiro atoms. The summed E-state index contributed by atoms with van der Waals surface area (Å²) in [5.41, 5.74) is 0.514. The van der Waals surface area contributed by atoms with Crippen molar-refractivity contribution in [2.45, 2.75) is 25.6 Å². The van der Waals surface area contributed by atoms with Crippen molar-refractivity contribution in [1.82, 2.24) is 4.98 Å². The maximum Gasteiger partial charge on any atom is 0.574 e. The van der Waals surface area contributed by atoms with Crippen molar-refractivity contribution >= 4 is 40.2 Å². The van der Waals surface area contributed by atoms with Gasteiger partial charge in [-0.25, -0.2) is 4.98 Å². The standard InChI is InChI=1S/C11H10ClF3INO3/c1-2-19-8(18)4-7-3-6(5-12)9(16)10(17-7)20-11(13,14)15/h3H,2,4-5H2,1H3. The summed E-state index contributed by atoms with van der Waals surface area (Å²) in [4.78, 5) is 15.0. The highest BCUT2D eigenvalue weighted by Gasteiger charge is 2.33. The van der Waals surface area contributed by atoms with Crippen molar-refractivity contribution in [1.29, 1.82) is 0 Å². The van der Waals surface area contributed by atoms with E-state index in [-0.39, 0.29) is 28.2 Å². The molecule has 0 aliphatic carbocycles. The molecule has 0 bridgehead atoms. The van der Waals surface area contributed by atoms with E-state index in [2.05, 4.69) is 9.72 Å². The lowest BCUT2D eigenvalue weighted by Gasteiger charge is -2.13. The molecule has 0 radical (unpaired) electrons. The SMILES string of the molecule is CCOC(=O)Cc1cc(CCl)c(I)c(OC(F)(F)F)n1. The molecule has 0 aromatic carbocycles. The molecule has 1 aromatic heterocycles. The molecule has 1 heterocycles. The van der Waals surface area contributed by atoms with Gasteiger partial charge in [-0.2, -0.15) is 0 Å². The van der Waals surface area contributed by atoms with Crippen LogP contribution in [-0.4, -0.2) is 23.9 Å². The zero-order valence-electron chi connectivity index (χ0n) is 10.3. The third kappa shape index (κ3) is 5.31. The molecule has 0 saturated heterocycles. The van der Waals surface area contributed by atoms with Crippen molar-refractivity contribution < 1.29 is 27.4 Å². The smallest absolute Gasteiger partial charge is 0.466 e. The summed E-state index contributed by atoms with van der Waals surface area (Å²) in [5.74, 6) is -1.22. The Morgan fingerprint density at radius 3 is 2.65 bits per heavy atom. The van der Waals surface area contributed by atoms with Gasteiger partial charge in [-0.1, -0.05) is 0 Å². The number of carbonyl (C=O) groups excluding carboxylic acids is 1. The van der Waals surface area contributed by atoms with Gasteiger partial charge in [0.1, 0.15) is 0 Å². The van der Waals surface area contributed by atoms with Gasteiger partial charge < -0.3 is 9.47 Å². The molecule has 1 rings (SSSR count). The van der Waals surface area contributed by atoms with Crippen LogP contribution in [0.3, 0.4) is 0 Å². The van der Waals surface area contributed by atoms with Crippen molar-refractivity contribution in [2.24, 2.45) is 0 Å². The molecule has 0 amide bonds. The summed E-state index contributed by atoms with van der Waals surface area (Å²) in [5, 5.41) is 0. The number of esters is 1. The Hall–Kier alpha value is -0.770. The number of carbonyl (C=O) groups is 1. The summed E-state index contributed by atoms with van der Waals surface area (Å²) < 4.78 is 45.5. The molecular formula is C11H10ClF3INO3. The van der Waals surface area contributed by atoms with Gasteiger partial charge in [-0.3, -0.25) is 4.79 Å². The van der Waals surface area contributed by atoms with E-state index in [1.807, 2.05) is 0 Å². The average Bonchev–Trinajstić information content (AvgIpc) is 2.31. The number of rotatable bonds is 5. The average molecular weight is 424 g/mol. The Morgan fingerprint density at radius 2 is 2.15 bits per heavy atom. The van der Waals surface area contributed by atoms with Crippen molar-refractivity contribution in [2.75, 3.05) is 6.61 Å². The Labute approximate surface area is 131 Å². The Kier molecular flexibility index (Phi) is 6.31.